The lowest BCUT2D eigenvalue weighted by Crippen LogP contribution is -2.35. The number of amides is 1. The molecule has 132 valence electrons. The summed E-state index contributed by atoms with van der Waals surface area (Å²) < 4.78 is 0. The van der Waals surface area contributed by atoms with Crippen molar-refractivity contribution in [2.45, 2.75) is 18.9 Å². The Morgan fingerprint density at radius 1 is 1.27 bits per heavy atom. The first-order valence-corrected chi connectivity index (χ1v) is 8.90. The van der Waals surface area contributed by atoms with Crippen molar-refractivity contribution in [3.8, 4) is 0 Å². The van der Waals surface area contributed by atoms with E-state index in [-0.39, 0.29) is 5.91 Å². The number of aromatic nitrogens is 1. The second-order valence-electron chi connectivity index (χ2n) is 6.25. The summed E-state index contributed by atoms with van der Waals surface area (Å²) in [6.07, 6.45) is 2.59. The van der Waals surface area contributed by atoms with Gasteiger partial charge in [0.05, 0.1) is 5.71 Å². The van der Waals surface area contributed by atoms with Gasteiger partial charge in [-0.1, -0.05) is 47.1 Å². The molecule has 0 saturated heterocycles. The normalized spacial score (nSPS) is 16.3. The Morgan fingerprint density at radius 3 is 2.96 bits per heavy atom. The summed E-state index contributed by atoms with van der Waals surface area (Å²) in [5, 5.41) is 8.77. The molecular formula is C20H18ClN3O2. The Hall–Kier alpha value is -2.79. The van der Waals surface area contributed by atoms with Crippen molar-refractivity contribution in [2.75, 3.05) is 6.54 Å². The average Bonchev–Trinajstić information content (AvgIpc) is 3.30. The van der Waals surface area contributed by atoms with Crippen molar-refractivity contribution < 1.29 is 9.63 Å². The standard InChI is InChI=1S/C20H18ClN3O2/c21-15-6-7-17-16(10-15)14(12-23-17)8-9-22-20(25)19-11-18(24-26-19)13-4-2-1-3-5-13/h1-7,10,12,19,23H,8-9,11H2,(H,22,25). The van der Waals surface area contributed by atoms with Crippen LogP contribution in [0.2, 0.25) is 5.02 Å². The zero-order valence-electron chi connectivity index (χ0n) is 14.0. The van der Waals surface area contributed by atoms with E-state index in [1.807, 2.05) is 54.7 Å². The van der Waals surface area contributed by atoms with E-state index in [0.717, 1.165) is 27.7 Å². The zero-order valence-corrected chi connectivity index (χ0v) is 14.8. The summed E-state index contributed by atoms with van der Waals surface area (Å²) in [7, 11) is 0. The topological polar surface area (TPSA) is 66.5 Å². The highest BCUT2D eigenvalue weighted by Crippen LogP contribution is 2.22. The molecule has 2 N–H and O–H groups in total. The summed E-state index contributed by atoms with van der Waals surface area (Å²) in [6.45, 7) is 0.527. The number of nitrogens with one attached hydrogen (secondary N) is 2. The van der Waals surface area contributed by atoms with Crippen LogP contribution in [-0.4, -0.2) is 29.3 Å². The number of rotatable bonds is 5. The van der Waals surface area contributed by atoms with Gasteiger partial charge >= 0.3 is 0 Å². The Morgan fingerprint density at radius 2 is 2.12 bits per heavy atom. The van der Waals surface area contributed by atoms with Gasteiger partial charge in [0, 0.05) is 35.1 Å². The van der Waals surface area contributed by atoms with Crippen LogP contribution in [0.15, 0.2) is 59.9 Å². The zero-order chi connectivity index (χ0) is 17.9. The minimum Gasteiger partial charge on any atom is -0.382 e. The molecule has 0 bridgehead atoms. The first-order valence-electron chi connectivity index (χ1n) is 8.52. The molecule has 1 unspecified atom stereocenters. The fourth-order valence-corrected chi connectivity index (χ4v) is 3.28. The molecule has 1 aromatic heterocycles. The number of H-pyrrole nitrogens is 1. The van der Waals surface area contributed by atoms with Gasteiger partial charge in [-0.3, -0.25) is 4.79 Å². The number of fused-ring (bicyclic) bond motifs is 1. The average molecular weight is 368 g/mol. The lowest BCUT2D eigenvalue weighted by Gasteiger charge is -2.09. The minimum absolute atomic E-state index is 0.141. The maximum Gasteiger partial charge on any atom is 0.264 e. The fourth-order valence-electron chi connectivity index (χ4n) is 3.11. The number of aromatic amines is 1. The number of hydrogen-bond donors (Lipinski definition) is 2. The predicted molar refractivity (Wildman–Crippen MR) is 102 cm³/mol. The number of nitrogens with zero attached hydrogens (tertiary/aromatic N) is 1. The molecular weight excluding hydrogens is 350 g/mol. The molecule has 0 saturated carbocycles. The number of oxime groups is 1. The van der Waals surface area contributed by atoms with Crippen LogP contribution in [0, 0.1) is 0 Å². The van der Waals surface area contributed by atoms with Crippen molar-refractivity contribution in [1.82, 2.24) is 10.3 Å². The Bertz CT molecular complexity index is 966. The second-order valence-corrected chi connectivity index (χ2v) is 6.68. The monoisotopic (exact) mass is 367 g/mol. The number of carbonyl (C=O) groups excluding carboxylic acids is 1. The van der Waals surface area contributed by atoms with Crippen molar-refractivity contribution in [2.24, 2.45) is 5.16 Å². The molecule has 0 fully saturated rings. The highest BCUT2D eigenvalue weighted by atomic mass is 35.5. The van der Waals surface area contributed by atoms with Gasteiger partial charge in [-0.05, 0) is 35.7 Å². The molecule has 6 heteroatoms. The van der Waals surface area contributed by atoms with Gasteiger partial charge in [-0.15, -0.1) is 0 Å². The van der Waals surface area contributed by atoms with Gasteiger partial charge < -0.3 is 15.1 Å². The van der Waals surface area contributed by atoms with E-state index in [9.17, 15) is 4.79 Å². The van der Waals surface area contributed by atoms with Crippen LogP contribution in [-0.2, 0) is 16.1 Å². The third-order valence-corrected chi connectivity index (χ3v) is 4.73. The number of halogens is 1. The Balaban J connectivity index is 1.31. The lowest BCUT2D eigenvalue weighted by molar-refractivity contribution is -0.131. The lowest BCUT2D eigenvalue weighted by atomic mass is 10.0. The van der Waals surface area contributed by atoms with Gasteiger partial charge in [-0.25, -0.2) is 0 Å². The van der Waals surface area contributed by atoms with E-state index in [2.05, 4.69) is 15.5 Å². The quantitative estimate of drug-likeness (QED) is 0.722. The van der Waals surface area contributed by atoms with Crippen molar-refractivity contribution in [3.63, 3.8) is 0 Å². The first-order chi connectivity index (χ1) is 12.7. The SMILES string of the molecule is O=C(NCCc1c[nH]c2ccc(Cl)cc12)C1CC(c2ccccc2)=NO1. The van der Waals surface area contributed by atoms with Crippen LogP contribution in [0.25, 0.3) is 10.9 Å². The smallest absolute Gasteiger partial charge is 0.264 e. The molecule has 0 radical (unpaired) electrons. The van der Waals surface area contributed by atoms with Crippen molar-refractivity contribution in [3.05, 3.63) is 70.9 Å². The van der Waals surface area contributed by atoms with E-state index in [4.69, 9.17) is 16.4 Å². The van der Waals surface area contributed by atoms with Crippen LogP contribution >= 0.6 is 11.6 Å². The molecule has 26 heavy (non-hydrogen) atoms. The number of benzene rings is 2. The molecule has 1 amide bonds. The second kappa shape index (κ2) is 7.22. The van der Waals surface area contributed by atoms with E-state index < -0.39 is 6.10 Å². The van der Waals surface area contributed by atoms with Gasteiger partial charge in [0.25, 0.3) is 5.91 Å². The van der Waals surface area contributed by atoms with Crippen LogP contribution < -0.4 is 5.32 Å². The summed E-state index contributed by atoms with van der Waals surface area (Å²) in [5.74, 6) is -0.141. The molecule has 1 aliphatic rings. The van der Waals surface area contributed by atoms with Crippen molar-refractivity contribution >= 4 is 34.1 Å². The third-order valence-electron chi connectivity index (χ3n) is 4.49. The molecule has 0 spiro atoms. The molecule has 4 rings (SSSR count). The minimum atomic E-state index is -0.567. The molecule has 5 nitrogen and oxygen atoms in total. The summed E-state index contributed by atoms with van der Waals surface area (Å²) >= 11 is 6.07. The third kappa shape index (κ3) is 3.44. The van der Waals surface area contributed by atoms with E-state index >= 15 is 0 Å². The largest absolute Gasteiger partial charge is 0.382 e. The van der Waals surface area contributed by atoms with Gasteiger partial charge in [0.15, 0.2) is 0 Å². The highest BCUT2D eigenvalue weighted by molar-refractivity contribution is 6.31. The Labute approximate surface area is 156 Å². The maximum atomic E-state index is 12.3. The summed E-state index contributed by atoms with van der Waals surface area (Å²) in [5.41, 5.74) is 3.95. The van der Waals surface area contributed by atoms with Gasteiger partial charge in [-0.2, -0.15) is 0 Å². The molecule has 1 atom stereocenters. The van der Waals surface area contributed by atoms with Crippen LogP contribution in [0.4, 0.5) is 0 Å². The van der Waals surface area contributed by atoms with Crippen LogP contribution in [0.1, 0.15) is 17.5 Å². The molecule has 2 aromatic carbocycles. The van der Waals surface area contributed by atoms with E-state index in [1.54, 1.807) is 0 Å². The van der Waals surface area contributed by atoms with Crippen LogP contribution in [0.3, 0.4) is 0 Å². The molecule has 0 aliphatic carbocycles. The van der Waals surface area contributed by atoms with Crippen molar-refractivity contribution in [1.29, 1.82) is 0 Å². The molecule has 1 aliphatic heterocycles. The molecule has 2 heterocycles. The maximum absolute atomic E-state index is 12.3. The number of carbonyl (C=O) groups is 1. The highest BCUT2D eigenvalue weighted by Gasteiger charge is 2.28. The first kappa shape index (κ1) is 16.7. The summed E-state index contributed by atoms with van der Waals surface area (Å²) in [6, 6.07) is 15.5. The van der Waals surface area contributed by atoms with Gasteiger partial charge in [0.1, 0.15) is 0 Å². The Kier molecular flexibility index (Phi) is 4.63. The fraction of sp³-hybridized carbons (Fsp3) is 0.200. The van der Waals surface area contributed by atoms with Gasteiger partial charge in [0.2, 0.25) is 6.10 Å². The van der Waals surface area contributed by atoms with E-state index in [1.165, 1.54) is 0 Å². The van der Waals surface area contributed by atoms with Crippen LogP contribution in [0.5, 0.6) is 0 Å². The van der Waals surface area contributed by atoms with E-state index in [0.29, 0.717) is 24.4 Å². The number of hydrogen-bond acceptors (Lipinski definition) is 3. The summed E-state index contributed by atoms with van der Waals surface area (Å²) in [4.78, 5) is 20.9. The predicted octanol–water partition coefficient (Wildman–Crippen LogP) is 3.67. The molecule has 3 aromatic rings.